The summed E-state index contributed by atoms with van der Waals surface area (Å²) in [4.78, 5) is 0. The normalized spacial score (nSPS) is 12.2. The van der Waals surface area contributed by atoms with E-state index in [1.54, 1.807) is 21.3 Å². The van der Waals surface area contributed by atoms with Gasteiger partial charge in [-0.3, -0.25) is 0 Å². The van der Waals surface area contributed by atoms with E-state index in [-0.39, 0.29) is 13.2 Å². The van der Waals surface area contributed by atoms with Crippen molar-refractivity contribution in [2.45, 2.75) is 12.6 Å². The molecule has 6 nitrogen and oxygen atoms in total. The van der Waals surface area contributed by atoms with Gasteiger partial charge in [0, 0.05) is 32.9 Å². The lowest BCUT2D eigenvalue weighted by Crippen LogP contribution is -2.23. The Bertz CT molecular complexity index is 400. The van der Waals surface area contributed by atoms with E-state index in [9.17, 15) is 5.11 Å². The number of hydrogen-bond acceptors (Lipinski definition) is 6. The minimum atomic E-state index is -0.647. The van der Waals surface area contributed by atoms with E-state index in [4.69, 9.17) is 18.9 Å². The van der Waals surface area contributed by atoms with Crippen LogP contribution in [0, 0.1) is 0 Å². The Hall–Kier alpha value is -1.34. The lowest BCUT2D eigenvalue weighted by atomic mass is 10.2. The topological polar surface area (TPSA) is 69.2 Å². The van der Waals surface area contributed by atoms with Crippen molar-refractivity contribution in [1.82, 2.24) is 5.32 Å². The average molecular weight is 299 g/mol. The summed E-state index contributed by atoms with van der Waals surface area (Å²) >= 11 is 0. The Balaban J connectivity index is 2.62. The number of aliphatic hydroxyl groups excluding tert-OH is 1. The minimum Gasteiger partial charge on any atom is -0.497 e. The molecule has 0 aromatic heterocycles. The number of rotatable bonds is 11. The van der Waals surface area contributed by atoms with Crippen LogP contribution >= 0.6 is 0 Å². The molecule has 1 rings (SSSR count). The summed E-state index contributed by atoms with van der Waals surface area (Å²) in [6.45, 7) is 2.46. The van der Waals surface area contributed by atoms with Gasteiger partial charge in [-0.05, 0) is 18.2 Å². The predicted octanol–water partition coefficient (Wildman–Crippen LogP) is 0.817. The first-order valence-electron chi connectivity index (χ1n) is 6.87. The second-order valence-electron chi connectivity index (χ2n) is 4.56. The molecule has 0 saturated carbocycles. The molecule has 0 aliphatic heterocycles. The van der Waals surface area contributed by atoms with Crippen LogP contribution in [0.2, 0.25) is 0 Å². The van der Waals surface area contributed by atoms with Crippen molar-refractivity contribution in [1.29, 1.82) is 0 Å². The molecule has 6 heteroatoms. The fourth-order valence-electron chi connectivity index (χ4n) is 1.79. The largest absolute Gasteiger partial charge is 0.497 e. The summed E-state index contributed by atoms with van der Waals surface area (Å²) in [7, 11) is 4.83. The van der Waals surface area contributed by atoms with Crippen molar-refractivity contribution in [2.24, 2.45) is 0 Å². The Morgan fingerprint density at radius 2 is 1.95 bits per heavy atom. The van der Waals surface area contributed by atoms with Gasteiger partial charge in [-0.25, -0.2) is 0 Å². The van der Waals surface area contributed by atoms with Crippen molar-refractivity contribution < 1.29 is 24.1 Å². The molecule has 0 radical (unpaired) electrons. The Kier molecular flexibility index (Phi) is 8.77. The van der Waals surface area contributed by atoms with Crippen molar-refractivity contribution in [3.8, 4) is 11.5 Å². The zero-order valence-electron chi connectivity index (χ0n) is 12.9. The first-order valence-corrected chi connectivity index (χ1v) is 6.87. The molecule has 1 aromatic carbocycles. The van der Waals surface area contributed by atoms with Crippen molar-refractivity contribution in [3.63, 3.8) is 0 Å². The summed E-state index contributed by atoms with van der Waals surface area (Å²) in [5.74, 6) is 1.49. The number of hydrogen-bond donors (Lipinski definition) is 2. The number of ether oxygens (including phenoxy) is 4. The molecule has 0 bridgehead atoms. The first-order chi connectivity index (χ1) is 10.2. The molecule has 0 aliphatic rings. The third-order valence-electron chi connectivity index (χ3n) is 2.86. The molecule has 0 heterocycles. The second-order valence-corrected chi connectivity index (χ2v) is 4.56. The van der Waals surface area contributed by atoms with Gasteiger partial charge in [0.1, 0.15) is 24.2 Å². The monoisotopic (exact) mass is 299 g/mol. The predicted molar refractivity (Wildman–Crippen MR) is 80.0 cm³/mol. The Labute approximate surface area is 126 Å². The van der Waals surface area contributed by atoms with Gasteiger partial charge < -0.3 is 29.4 Å². The summed E-state index contributed by atoms with van der Waals surface area (Å²) in [5.41, 5.74) is 0.968. The van der Waals surface area contributed by atoms with Gasteiger partial charge in [-0.2, -0.15) is 0 Å². The van der Waals surface area contributed by atoms with Gasteiger partial charge in [0.05, 0.1) is 20.3 Å². The molecule has 0 amide bonds. The minimum absolute atomic E-state index is 0.186. The van der Waals surface area contributed by atoms with Gasteiger partial charge in [-0.15, -0.1) is 0 Å². The van der Waals surface area contributed by atoms with Crippen LogP contribution in [0.25, 0.3) is 0 Å². The highest BCUT2D eigenvalue weighted by Gasteiger charge is 2.09. The van der Waals surface area contributed by atoms with Crippen molar-refractivity contribution in [2.75, 3.05) is 47.7 Å². The maximum absolute atomic E-state index is 9.64. The van der Waals surface area contributed by atoms with Crippen LogP contribution in [0.4, 0.5) is 0 Å². The third-order valence-corrected chi connectivity index (χ3v) is 2.86. The van der Waals surface area contributed by atoms with E-state index in [1.807, 2.05) is 18.2 Å². The molecule has 1 atom stereocenters. The van der Waals surface area contributed by atoms with Gasteiger partial charge in [0.2, 0.25) is 0 Å². The van der Waals surface area contributed by atoms with Gasteiger partial charge in [-0.1, -0.05) is 0 Å². The van der Waals surface area contributed by atoms with Crippen LogP contribution in [0.1, 0.15) is 5.56 Å². The highest BCUT2D eigenvalue weighted by Crippen LogP contribution is 2.24. The second kappa shape index (κ2) is 10.4. The van der Waals surface area contributed by atoms with E-state index in [1.165, 1.54) is 0 Å². The van der Waals surface area contributed by atoms with Crippen LogP contribution in [-0.4, -0.2) is 58.9 Å². The summed E-state index contributed by atoms with van der Waals surface area (Å²) in [6, 6.07) is 5.58. The van der Waals surface area contributed by atoms with Crippen LogP contribution in [-0.2, 0) is 16.0 Å². The zero-order chi connectivity index (χ0) is 15.5. The van der Waals surface area contributed by atoms with Crippen LogP contribution in [0.15, 0.2) is 18.2 Å². The van der Waals surface area contributed by atoms with Crippen LogP contribution in [0.3, 0.4) is 0 Å². The third kappa shape index (κ3) is 6.77. The summed E-state index contributed by atoms with van der Waals surface area (Å²) < 4.78 is 20.7. The molecular weight excluding hydrogens is 274 g/mol. The summed E-state index contributed by atoms with van der Waals surface area (Å²) in [5, 5.41) is 12.9. The Morgan fingerprint density at radius 1 is 1.14 bits per heavy atom. The van der Waals surface area contributed by atoms with E-state index in [0.717, 1.165) is 23.6 Å². The van der Waals surface area contributed by atoms with Gasteiger partial charge >= 0.3 is 0 Å². The molecule has 0 aliphatic carbocycles. The molecule has 21 heavy (non-hydrogen) atoms. The first kappa shape index (κ1) is 17.7. The molecule has 1 aromatic rings. The quantitative estimate of drug-likeness (QED) is 0.590. The number of benzene rings is 1. The Morgan fingerprint density at radius 3 is 2.62 bits per heavy atom. The fraction of sp³-hybridized carbons (Fsp3) is 0.600. The molecule has 0 saturated heterocycles. The van der Waals surface area contributed by atoms with E-state index in [0.29, 0.717) is 13.2 Å². The smallest absolute Gasteiger partial charge is 0.124 e. The number of nitrogens with one attached hydrogen (secondary N) is 1. The lowest BCUT2D eigenvalue weighted by Gasteiger charge is -2.16. The molecule has 1 unspecified atom stereocenters. The summed E-state index contributed by atoms with van der Waals surface area (Å²) in [6.07, 6.45) is -0.647. The van der Waals surface area contributed by atoms with Crippen LogP contribution in [0.5, 0.6) is 11.5 Å². The molecule has 120 valence electrons. The lowest BCUT2D eigenvalue weighted by molar-refractivity contribution is 0.0323. The van der Waals surface area contributed by atoms with E-state index >= 15 is 0 Å². The van der Waals surface area contributed by atoms with Crippen molar-refractivity contribution >= 4 is 0 Å². The fourth-order valence-corrected chi connectivity index (χ4v) is 1.79. The zero-order valence-corrected chi connectivity index (χ0v) is 12.9. The molecule has 0 spiro atoms. The van der Waals surface area contributed by atoms with E-state index in [2.05, 4.69) is 5.32 Å². The van der Waals surface area contributed by atoms with Crippen molar-refractivity contribution in [3.05, 3.63) is 23.8 Å². The highest BCUT2D eigenvalue weighted by atomic mass is 16.5. The number of methoxy groups -OCH3 is 3. The highest BCUT2D eigenvalue weighted by molar-refractivity contribution is 5.40. The molecular formula is C15H25NO5. The van der Waals surface area contributed by atoms with Crippen LogP contribution < -0.4 is 14.8 Å². The molecule has 2 N–H and O–H groups in total. The number of aliphatic hydroxyl groups is 1. The standard InChI is InChI=1S/C15H25NO5/c1-18-7-6-16-9-12-8-14(20-3)4-5-15(12)21-11-13(17)10-19-2/h4-5,8,13,16-17H,6-7,9-11H2,1-3H3. The SMILES string of the molecule is COCCNCc1cc(OC)ccc1OCC(O)COC. The average Bonchev–Trinajstić information content (AvgIpc) is 2.50. The maximum atomic E-state index is 9.64. The van der Waals surface area contributed by atoms with Gasteiger partial charge in [0.15, 0.2) is 0 Å². The molecule has 0 fully saturated rings. The maximum Gasteiger partial charge on any atom is 0.124 e. The van der Waals surface area contributed by atoms with Gasteiger partial charge in [0.25, 0.3) is 0 Å². The van der Waals surface area contributed by atoms with E-state index < -0.39 is 6.10 Å².